The van der Waals surface area contributed by atoms with Crippen LogP contribution in [0.2, 0.25) is 0 Å². The number of nitrogen functional groups attached to an aromatic ring is 1. The Morgan fingerprint density at radius 3 is 2.75 bits per heavy atom. The number of ether oxygens (including phenoxy) is 1. The standard InChI is InChI=1S/C17H15N3O3S/c18-15-7-6-14(9-16(15)20(21)22)23-10-13-11-24-17(19-13)8-12-4-2-1-3-5-12/h1-7,9,11H,8,10,18H2. The summed E-state index contributed by atoms with van der Waals surface area (Å²) in [5.74, 6) is 0.397. The second-order valence-electron chi connectivity index (χ2n) is 5.16. The van der Waals surface area contributed by atoms with Crippen molar-refractivity contribution < 1.29 is 9.66 Å². The average Bonchev–Trinajstić information content (AvgIpc) is 3.02. The molecule has 0 aliphatic heterocycles. The van der Waals surface area contributed by atoms with Gasteiger partial charge in [0.2, 0.25) is 0 Å². The van der Waals surface area contributed by atoms with Gasteiger partial charge in [-0.1, -0.05) is 30.3 Å². The molecule has 6 nitrogen and oxygen atoms in total. The Labute approximate surface area is 142 Å². The molecule has 3 aromatic rings. The summed E-state index contributed by atoms with van der Waals surface area (Å²) in [6.07, 6.45) is 0.777. The van der Waals surface area contributed by atoms with E-state index in [0.717, 1.165) is 17.1 Å². The van der Waals surface area contributed by atoms with E-state index in [-0.39, 0.29) is 18.0 Å². The van der Waals surface area contributed by atoms with Gasteiger partial charge in [0.25, 0.3) is 5.69 Å². The molecule has 2 N–H and O–H groups in total. The zero-order valence-electron chi connectivity index (χ0n) is 12.7. The summed E-state index contributed by atoms with van der Waals surface area (Å²) in [4.78, 5) is 14.9. The molecule has 0 bridgehead atoms. The summed E-state index contributed by atoms with van der Waals surface area (Å²) >= 11 is 1.57. The van der Waals surface area contributed by atoms with Crippen LogP contribution in [0.5, 0.6) is 5.75 Å². The predicted molar refractivity (Wildman–Crippen MR) is 93.2 cm³/mol. The Hall–Kier alpha value is -2.93. The first-order chi connectivity index (χ1) is 11.6. The van der Waals surface area contributed by atoms with Gasteiger partial charge in [-0.05, 0) is 17.7 Å². The van der Waals surface area contributed by atoms with Gasteiger partial charge in [0.15, 0.2) is 0 Å². The highest BCUT2D eigenvalue weighted by Gasteiger charge is 2.13. The van der Waals surface area contributed by atoms with E-state index < -0.39 is 4.92 Å². The Kier molecular flexibility index (Phi) is 4.72. The molecule has 0 aliphatic rings. The topological polar surface area (TPSA) is 91.3 Å². The average molecular weight is 341 g/mol. The molecule has 7 heteroatoms. The van der Waals surface area contributed by atoms with Crippen molar-refractivity contribution in [3.63, 3.8) is 0 Å². The summed E-state index contributed by atoms with van der Waals surface area (Å²) in [6.45, 7) is 0.256. The normalized spacial score (nSPS) is 10.5. The lowest BCUT2D eigenvalue weighted by molar-refractivity contribution is -0.384. The monoisotopic (exact) mass is 341 g/mol. The molecule has 0 radical (unpaired) electrons. The highest BCUT2D eigenvalue weighted by Crippen LogP contribution is 2.27. The van der Waals surface area contributed by atoms with E-state index in [0.29, 0.717) is 5.75 Å². The van der Waals surface area contributed by atoms with Crippen LogP contribution < -0.4 is 10.5 Å². The van der Waals surface area contributed by atoms with Crippen LogP contribution in [0.1, 0.15) is 16.3 Å². The van der Waals surface area contributed by atoms with Gasteiger partial charge in [0.05, 0.1) is 21.7 Å². The third-order valence-corrected chi connectivity index (χ3v) is 4.28. The maximum Gasteiger partial charge on any atom is 0.295 e. The molecule has 0 spiro atoms. The first kappa shape index (κ1) is 15.9. The van der Waals surface area contributed by atoms with Crippen LogP contribution >= 0.6 is 11.3 Å². The highest BCUT2D eigenvalue weighted by molar-refractivity contribution is 7.09. The number of thiazole rings is 1. The van der Waals surface area contributed by atoms with Crippen molar-refractivity contribution >= 4 is 22.7 Å². The number of nitro groups is 1. The van der Waals surface area contributed by atoms with Crippen molar-refractivity contribution in [3.8, 4) is 5.75 Å². The first-order valence-electron chi connectivity index (χ1n) is 7.26. The first-order valence-corrected chi connectivity index (χ1v) is 8.13. The molecule has 1 aromatic heterocycles. The molecular formula is C17H15N3O3S. The van der Waals surface area contributed by atoms with Gasteiger partial charge in [-0.2, -0.15) is 0 Å². The molecule has 2 aromatic carbocycles. The van der Waals surface area contributed by atoms with E-state index >= 15 is 0 Å². The van der Waals surface area contributed by atoms with Gasteiger partial charge in [-0.3, -0.25) is 10.1 Å². The second kappa shape index (κ2) is 7.10. The summed E-state index contributed by atoms with van der Waals surface area (Å²) in [5, 5.41) is 13.8. The summed E-state index contributed by atoms with van der Waals surface area (Å²) in [6, 6.07) is 14.5. The lowest BCUT2D eigenvalue weighted by Gasteiger charge is -2.05. The van der Waals surface area contributed by atoms with Crippen LogP contribution in [-0.4, -0.2) is 9.91 Å². The maximum absolute atomic E-state index is 10.9. The van der Waals surface area contributed by atoms with Crippen molar-refractivity contribution in [1.29, 1.82) is 0 Å². The van der Waals surface area contributed by atoms with Crippen molar-refractivity contribution in [1.82, 2.24) is 4.98 Å². The number of hydrogen-bond acceptors (Lipinski definition) is 6. The fraction of sp³-hybridized carbons (Fsp3) is 0.118. The lowest BCUT2D eigenvalue weighted by Crippen LogP contribution is -1.99. The van der Waals surface area contributed by atoms with Crippen LogP contribution in [-0.2, 0) is 13.0 Å². The highest BCUT2D eigenvalue weighted by atomic mass is 32.1. The maximum atomic E-state index is 10.9. The zero-order chi connectivity index (χ0) is 16.9. The third-order valence-electron chi connectivity index (χ3n) is 3.38. The number of hydrogen-bond donors (Lipinski definition) is 1. The minimum atomic E-state index is -0.525. The quantitative estimate of drug-likeness (QED) is 0.418. The summed E-state index contributed by atoms with van der Waals surface area (Å²) in [7, 11) is 0. The van der Waals surface area contributed by atoms with Crippen LogP contribution in [0.25, 0.3) is 0 Å². The number of nitro benzene ring substituents is 1. The number of rotatable bonds is 6. The third kappa shape index (κ3) is 3.88. The van der Waals surface area contributed by atoms with E-state index in [2.05, 4.69) is 17.1 Å². The number of aromatic nitrogens is 1. The Morgan fingerprint density at radius 1 is 1.21 bits per heavy atom. The Balaban J connectivity index is 1.63. The van der Waals surface area contributed by atoms with Gasteiger partial charge >= 0.3 is 0 Å². The Bertz CT molecular complexity index is 849. The number of anilines is 1. The molecule has 0 amide bonds. The van der Waals surface area contributed by atoms with Gasteiger partial charge in [0.1, 0.15) is 18.0 Å². The fourth-order valence-corrected chi connectivity index (χ4v) is 3.01. The fourth-order valence-electron chi connectivity index (χ4n) is 2.20. The summed E-state index contributed by atoms with van der Waals surface area (Å²) in [5.41, 5.74) is 7.53. The van der Waals surface area contributed by atoms with E-state index in [4.69, 9.17) is 10.5 Å². The second-order valence-corrected chi connectivity index (χ2v) is 6.10. The van der Waals surface area contributed by atoms with Crippen molar-refractivity contribution in [3.05, 3.63) is 80.3 Å². The smallest absolute Gasteiger partial charge is 0.295 e. The summed E-state index contributed by atoms with van der Waals surface area (Å²) < 4.78 is 5.59. The van der Waals surface area contributed by atoms with Crippen molar-refractivity contribution in [2.45, 2.75) is 13.0 Å². The van der Waals surface area contributed by atoms with E-state index in [1.807, 2.05) is 23.6 Å². The molecule has 0 saturated carbocycles. The van der Waals surface area contributed by atoms with Crippen molar-refractivity contribution in [2.24, 2.45) is 0 Å². The van der Waals surface area contributed by atoms with E-state index in [1.54, 1.807) is 17.4 Å². The van der Waals surface area contributed by atoms with E-state index in [1.165, 1.54) is 17.7 Å². The van der Waals surface area contributed by atoms with Crippen LogP contribution in [0, 0.1) is 10.1 Å². The van der Waals surface area contributed by atoms with Crippen LogP contribution in [0.4, 0.5) is 11.4 Å². The molecular weight excluding hydrogens is 326 g/mol. The molecule has 0 aliphatic carbocycles. The van der Waals surface area contributed by atoms with Gasteiger partial charge in [-0.25, -0.2) is 4.98 Å². The molecule has 24 heavy (non-hydrogen) atoms. The molecule has 122 valence electrons. The molecule has 1 heterocycles. The SMILES string of the molecule is Nc1ccc(OCc2csc(Cc3ccccc3)n2)cc1[N+](=O)[O-]. The molecule has 0 fully saturated rings. The molecule has 3 rings (SSSR count). The van der Waals surface area contributed by atoms with Gasteiger partial charge in [0, 0.05) is 11.8 Å². The number of nitrogens with zero attached hydrogens (tertiary/aromatic N) is 2. The largest absolute Gasteiger partial charge is 0.487 e. The Morgan fingerprint density at radius 2 is 2.00 bits per heavy atom. The molecule has 0 atom stereocenters. The number of nitrogens with two attached hydrogens (primary N) is 1. The lowest BCUT2D eigenvalue weighted by atomic mass is 10.2. The van der Waals surface area contributed by atoms with Gasteiger partial charge in [-0.15, -0.1) is 11.3 Å². The minimum Gasteiger partial charge on any atom is -0.487 e. The zero-order valence-corrected chi connectivity index (χ0v) is 13.5. The van der Waals surface area contributed by atoms with Crippen LogP contribution in [0.3, 0.4) is 0 Å². The van der Waals surface area contributed by atoms with Gasteiger partial charge < -0.3 is 10.5 Å². The van der Waals surface area contributed by atoms with E-state index in [9.17, 15) is 10.1 Å². The van der Waals surface area contributed by atoms with Crippen molar-refractivity contribution in [2.75, 3.05) is 5.73 Å². The predicted octanol–water partition coefficient (Wildman–Crippen LogP) is 3.80. The number of benzene rings is 2. The molecule has 0 saturated heterocycles. The molecule has 0 unspecified atom stereocenters. The van der Waals surface area contributed by atoms with Crippen LogP contribution in [0.15, 0.2) is 53.9 Å². The minimum absolute atomic E-state index is 0.117.